The minimum absolute atomic E-state index is 0.413. The second-order valence-corrected chi connectivity index (χ2v) is 5.72. The van der Waals surface area contributed by atoms with Gasteiger partial charge in [0, 0.05) is 22.0 Å². The van der Waals surface area contributed by atoms with E-state index in [-0.39, 0.29) is 0 Å². The Morgan fingerprint density at radius 3 is 2.55 bits per heavy atom. The maximum Gasteiger partial charge on any atom is 0.344 e. The standard InChI is InChI=1S/C17H12Cl2O3/c1-9-12-6-4-11(21-2)8-15(12)22-17(20)16(9)13-5-3-10(18)7-14(13)19/h3-8H,1-2H3. The Hall–Kier alpha value is -1.97. The topological polar surface area (TPSA) is 39.4 Å². The Bertz CT molecular complexity index is 929. The number of hydrogen-bond acceptors (Lipinski definition) is 3. The maximum absolute atomic E-state index is 12.4. The van der Waals surface area contributed by atoms with Crippen molar-refractivity contribution in [3.05, 3.63) is 62.4 Å². The first-order valence-corrected chi connectivity index (χ1v) is 7.33. The SMILES string of the molecule is COc1ccc2c(C)c(-c3ccc(Cl)cc3Cl)c(=O)oc2c1. The first-order valence-electron chi connectivity index (χ1n) is 6.58. The van der Waals surface area contributed by atoms with E-state index >= 15 is 0 Å². The van der Waals surface area contributed by atoms with Crippen molar-refractivity contribution in [1.29, 1.82) is 0 Å². The van der Waals surface area contributed by atoms with E-state index in [0.717, 1.165) is 10.9 Å². The lowest BCUT2D eigenvalue weighted by molar-refractivity contribution is 0.414. The molecule has 0 unspecified atom stereocenters. The molecule has 1 aromatic heterocycles. The molecular weight excluding hydrogens is 323 g/mol. The van der Waals surface area contributed by atoms with Crippen molar-refractivity contribution in [2.45, 2.75) is 6.92 Å². The van der Waals surface area contributed by atoms with E-state index in [1.54, 1.807) is 31.4 Å². The molecule has 0 aliphatic rings. The van der Waals surface area contributed by atoms with Gasteiger partial charge in [0.05, 0.1) is 17.7 Å². The second kappa shape index (κ2) is 5.67. The summed E-state index contributed by atoms with van der Waals surface area (Å²) in [4.78, 5) is 12.4. The van der Waals surface area contributed by atoms with Gasteiger partial charge >= 0.3 is 5.63 Å². The van der Waals surface area contributed by atoms with Gasteiger partial charge in [-0.05, 0) is 36.8 Å². The number of fused-ring (bicyclic) bond motifs is 1. The van der Waals surface area contributed by atoms with Gasteiger partial charge in [0.1, 0.15) is 11.3 Å². The fourth-order valence-corrected chi connectivity index (χ4v) is 2.97. The minimum Gasteiger partial charge on any atom is -0.497 e. The monoisotopic (exact) mass is 334 g/mol. The summed E-state index contributed by atoms with van der Waals surface area (Å²) < 4.78 is 10.6. The predicted molar refractivity (Wildman–Crippen MR) is 89.2 cm³/mol. The molecule has 0 amide bonds. The Balaban J connectivity index is 2.33. The van der Waals surface area contributed by atoms with Crippen molar-refractivity contribution >= 4 is 34.2 Å². The summed E-state index contributed by atoms with van der Waals surface area (Å²) in [6.07, 6.45) is 0. The van der Waals surface area contributed by atoms with Crippen LogP contribution >= 0.6 is 23.2 Å². The normalized spacial score (nSPS) is 10.9. The van der Waals surface area contributed by atoms with Crippen LogP contribution in [0, 0.1) is 6.92 Å². The van der Waals surface area contributed by atoms with Crippen molar-refractivity contribution < 1.29 is 9.15 Å². The molecule has 0 radical (unpaired) electrons. The van der Waals surface area contributed by atoms with Crippen molar-refractivity contribution in [2.24, 2.45) is 0 Å². The maximum atomic E-state index is 12.4. The molecule has 0 fully saturated rings. The molecule has 22 heavy (non-hydrogen) atoms. The lowest BCUT2D eigenvalue weighted by atomic mass is 9.99. The van der Waals surface area contributed by atoms with Crippen LogP contribution in [-0.2, 0) is 0 Å². The van der Waals surface area contributed by atoms with Crippen LogP contribution in [0.4, 0.5) is 0 Å². The molecule has 0 aliphatic carbocycles. The zero-order valence-electron chi connectivity index (χ0n) is 11.9. The molecule has 112 valence electrons. The quantitative estimate of drug-likeness (QED) is 0.613. The predicted octanol–water partition coefficient (Wildman–Crippen LogP) is 5.08. The van der Waals surface area contributed by atoms with Gasteiger partial charge in [0.15, 0.2) is 0 Å². The zero-order valence-corrected chi connectivity index (χ0v) is 13.5. The van der Waals surface area contributed by atoms with Crippen molar-refractivity contribution in [3.8, 4) is 16.9 Å². The minimum atomic E-state index is -0.442. The van der Waals surface area contributed by atoms with E-state index in [4.69, 9.17) is 32.4 Å². The van der Waals surface area contributed by atoms with Gasteiger partial charge in [-0.3, -0.25) is 0 Å². The van der Waals surface area contributed by atoms with Gasteiger partial charge in [0.25, 0.3) is 0 Å². The molecule has 1 heterocycles. The molecule has 0 atom stereocenters. The third-order valence-corrected chi connectivity index (χ3v) is 4.12. The van der Waals surface area contributed by atoms with Crippen LogP contribution < -0.4 is 10.4 Å². The summed E-state index contributed by atoms with van der Waals surface area (Å²) in [5.74, 6) is 0.632. The molecular formula is C17H12Cl2O3. The molecule has 2 aromatic carbocycles. The highest BCUT2D eigenvalue weighted by Crippen LogP contribution is 2.33. The van der Waals surface area contributed by atoms with Crippen LogP contribution in [0.5, 0.6) is 5.75 Å². The van der Waals surface area contributed by atoms with Crippen LogP contribution in [0.2, 0.25) is 10.0 Å². The highest BCUT2D eigenvalue weighted by molar-refractivity contribution is 6.36. The van der Waals surface area contributed by atoms with Gasteiger partial charge < -0.3 is 9.15 Å². The first-order chi connectivity index (χ1) is 10.5. The number of ether oxygens (including phenoxy) is 1. The highest BCUT2D eigenvalue weighted by Gasteiger charge is 2.16. The summed E-state index contributed by atoms with van der Waals surface area (Å²) in [5.41, 5.74) is 1.89. The Labute approximate surface area is 137 Å². The van der Waals surface area contributed by atoms with Crippen LogP contribution in [0.15, 0.2) is 45.6 Å². The molecule has 0 N–H and O–H groups in total. The number of halogens is 2. The van der Waals surface area contributed by atoms with E-state index in [1.165, 1.54) is 0 Å². The van der Waals surface area contributed by atoms with Crippen molar-refractivity contribution in [2.75, 3.05) is 7.11 Å². The smallest absolute Gasteiger partial charge is 0.344 e. The van der Waals surface area contributed by atoms with E-state index in [2.05, 4.69) is 0 Å². The van der Waals surface area contributed by atoms with E-state index < -0.39 is 5.63 Å². The van der Waals surface area contributed by atoms with Gasteiger partial charge in [0.2, 0.25) is 0 Å². The van der Waals surface area contributed by atoms with Gasteiger partial charge in [-0.25, -0.2) is 4.79 Å². The number of methoxy groups -OCH3 is 1. The summed E-state index contributed by atoms with van der Waals surface area (Å²) in [6.45, 7) is 1.87. The third kappa shape index (κ3) is 2.47. The first kappa shape index (κ1) is 14.9. The molecule has 0 aliphatic heterocycles. The van der Waals surface area contributed by atoms with Crippen LogP contribution in [-0.4, -0.2) is 7.11 Å². The number of hydrogen-bond donors (Lipinski definition) is 0. The third-order valence-electron chi connectivity index (χ3n) is 3.58. The van der Waals surface area contributed by atoms with Crippen molar-refractivity contribution in [1.82, 2.24) is 0 Å². The molecule has 0 spiro atoms. The molecule has 3 aromatic rings. The lowest BCUT2D eigenvalue weighted by Crippen LogP contribution is -2.06. The largest absolute Gasteiger partial charge is 0.497 e. The van der Waals surface area contributed by atoms with E-state index in [9.17, 15) is 4.79 Å². The molecule has 0 saturated carbocycles. The van der Waals surface area contributed by atoms with Crippen LogP contribution in [0.1, 0.15) is 5.56 Å². The summed E-state index contributed by atoms with van der Waals surface area (Å²) in [7, 11) is 1.56. The van der Waals surface area contributed by atoms with Crippen LogP contribution in [0.3, 0.4) is 0 Å². The Morgan fingerprint density at radius 1 is 1.09 bits per heavy atom. The molecule has 0 saturated heterocycles. The highest BCUT2D eigenvalue weighted by atomic mass is 35.5. The van der Waals surface area contributed by atoms with Crippen molar-refractivity contribution in [3.63, 3.8) is 0 Å². The molecule has 0 bridgehead atoms. The summed E-state index contributed by atoms with van der Waals surface area (Å²) in [6, 6.07) is 10.4. The van der Waals surface area contributed by atoms with Crippen LogP contribution in [0.25, 0.3) is 22.1 Å². The summed E-state index contributed by atoms with van der Waals surface area (Å²) >= 11 is 12.1. The number of benzene rings is 2. The average molecular weight is 335 g/mol. The number of aryl methyl sites for hydroxylation is 1. The average Bonchev–Trinajstić information content (AvgIpc) is 2.48. The van der Waals surface area contributed by atoms with E-state index in [0.29, 0.717) is 32.5 Å². The number of rotatable bonds is 2. The molecule has 5 heteroatoms. The fraction of sp³-hybridized carbons (Fsp3) is 0.118. The second-order valence-electron chi connectivity index (χ2n) is 4.88. The lowest BCUT2D eigenvalue weighted by Gasteiger charge is -2.10. The van der Waals surface area contributed by atoms with Gasteiger partial charge in [-0.2, -0.15) is 0 Å². The van der Waals surface area contributed by atoms with E-state index in [1.807, 2.05) is 19.1 Å². The van der Waals surface area contributed by atoms with Gasteiger partial charge in [-0.1, -0.05) is 29.3 Å². The molecule has 3 rings (SSSR count). The van der Waals surface area contributed by atoms with Gasteiger partial charge in [-0.15, -0.1) is 0 Å². The Kier molecular flexibility index (Phi) is 3.85. The molecule has 3 nitrogen and oxygen atoms in total. The zero-order chi connectivity index (χ0) is 15.9. The fourth-order valence-electron chi connectivity index (χ4n) is 2.47. The summed E-state index contributed by atoms with van der Waals surface area (Å²) in [5, 5.41) is 1.76. The Morgan fingerprint density at radius 2 is 1.86 bits per heavy atom.